The molecule has 2 heterocycles. The zero-order valence-electron chi connectivity index (χ0n) is 11.3. The smallest absolute Gasteiger partial charge is 0.189 e. The van der Waals surface area contributed by atoms with Crippen LogP contribution >= 0.6 is 0 Å². The molecule has 2 aliphatic heterocycles. The summed E-state index contributed by atoms with van der Waals surface area (Å²) in [7, 11) is 1.72. The minimum Gasteiger partial charge on any atom is -0.496 e. The lowest BCUT2D eigenvalue weighted by Gasteiger charge is -2.28. The molecule has 0 spiro atoms. The van der Waals surface area contributed by atoms with Gasteiger partial charge in [0.05, 0.1) is 13.7 Å². The summed E-state index contributed by atoms with van der Waals surface area (Å²) in [5.41, 5.74) is 2.25. The van der Waals surface area contributed by atoms with Gasteiger partial charge in [-0.3, -0.25) is 4.90 Å². The topological polar surface area (TPSA) is 43.0 Å². The zero-order valence-corrected chi connectivity index (χ0v) is 11.3. The fraction of sp³-hybridized carbons (Fsp3) is 0.571. The first kappa shape index (κ1) is 12.7. The van der Waals surface area contributed by atoms with Gasteiger partial charge in [-0.2, -0.15) is 0 Å². The predicted molar refractivity (Wildman–Crippen MR) is 71.4 cm³/mol. The third-order valence-electron chi connectivity index (χ3n) is 3.62. The fourth-order valence-electron chi connectivity index (χ4n) is 2.57. The molecule has 1 fully saturated rings. The average Bonchev–Trinajstić information content (AvgIpc) is 2.47. The summed E-state index contributed by atoms with van der Waals surface area (Å²) in [5.74, 6) is 1.85. The molecular formula is C14H20N2O3. The summed E-state index contributed by atoms with van der Waals surface area (Å²) in [6.07, 6.45) is 0. The first-order valence-corrected chi connectivity index (χ1v) is 6.70. The van der Waals surface area contributed by atoms with Crippen LogP contribution in [0.5, 0.6) is 11.5 Å². The number of nitrogens with one attached hydrogen (secondary N) is 1. The SMILES string of the molecule is COc1cc2c(cc1CN1CCNCC1)OCOC2. The Morgan fingerprint density at radius 1 is 1.32 bits per heavy atom. The molecule has 0 bridgehead atoms. The first-order chi connectivity index (χ1) is 9.36. The van der Waals surface area contributed by atoms with Crippen molar-refractivity contribution in [3.8, 4) is 11.5 Å². The molecule has 2 aliphatic rings. The normalized spacial score (nSPS) is 19.6. The average molecular weight is 264 g/mol. The van der Waals surface area contributed by atoms with Crippen molar-refractivity contribution in [3.05, 3.63) is 23.3 Å². The van der Waals surface area contributed by atoms with Crippen LogP contribution in [0.25, 0.3) is 0 Å². The molecule has 0 aromatic heterocycles. The van der Waals surface area contributed by atoms with Crippen molar-refractivity contribution in [1.82, 2.24) is 10.2 Å². The van der Waals surface area contributed by atoms with E-state index >= 15 is 0 Å². The van der Waals surface area contributed by atoms with Crippen molar-refractivity contribution in [1.29, 1.82) is 0 Å². The van der Waals surface area contributed by atoms with E-state index in [-0.39, 0.29) is 0 Å². The number of methoxy groups -OCH3 is 1. The van der Waals surface area contributed by atoms with E-state index in [2.05, 4.69) is 16.3 Å². The second kappa shape index (κ2) is 5.77. The van der Waals surface area contributed by atoms with Crippen molar-refractivity contribution in [2.75, 3.05) is 40.1 Å². The Balaban J connectivity index is 1.82. The van der Waals surface area contributed by atoms with Crippen LogP contribution in [-0.2, 0) is 17.9 Å². The van der Waals surface area contributed by atoms with Crippen LogP contribution < -0.4 is 14.8 Å². The Kier molecular flexibility index (Phi) is 3.87. The summed E-state index contributed by atoms with van der Waals surface area (Å²) in [4.78, 5) is 2.43. The van der Waals surface area contributed by atoms with Crippen molar-refractivity contribution < 1.29 is 14.2 Å². The molecular weight excluding hydrogens is 244 g/mol. The molecule has 1 aromatic rings. The number of piperazine rings is 1. The lowest BCUT2D eigenvalue weighted by atomic mass is 10.1. The van der Waals surface area contributed by atoms with Crippen LogP contribution in [-0.4, -0.2) is 45.0 Å². The van der Waals surface area contributed by atoms with Crippen LogP contribution in [0.15, 0.2) is 12.1 Å². The number of rotatable bonds is 3. The van der Waals surface area contributed by atoms with Gasteiger partial charge < -0.3 is 19.5 Å². The highest BCUT2D eigenvalue weighted by molar-refractivity contribution is 5.46. The zero-order chi connectivity index (χ0) is 13.1. The Hall–Kier alpha value is -1.30. The molecule has 104 valence electrons. The standard InChI is InChI=1S/C14H20N2O3/c1-17-13-7-12-9-18-10-19-14(12)6-11(13)8-16-4-2-15-3-5-16/h6-7,15H,2-5,8-10H2,1H3. The largest absolute Gasteiger partial charge is 0.496 e. The maximum atomic E-state index is 5.54. The highest BCUT2D eigenvalue weighted by Crippen LogP contribution is 2.32. The van der Waals surface area contributed by atoms with Crippen molar-refractivity contribution in [2.45, 2.75) is 13.2 Å². The first-order valence-electron chi connectivity index (χ1n) is 6.70. The molecule has 1 N–H and O–H groups in total. The summed E-state index contributed by atoms with van der Waals surface area (Å²) in [6, 6.07) is 4.13. The molecule has 0 aliphatic carbocycles. The third-order valence-corrected chi connectivity index (χ3v) is 3.62. The number of benzene rings is 1. The molecule has 0 unspecified atom stereocenters. The molecule has 1 aromatic carbocycles. The van der Waals surface area contributed by atoms with Gasteiger partial charge in [0.2, 0.25) is 0 Å². The second-order valence-electron chi connectivity index (χ2n) is 4.91. The highest BCUT2D eigenvalue weighted by atomic mass is 16.7. The van der Waals surface area contributed by atoms with Gasteiger partial charge >= 0.3 is 0 Å². The van der Waals surface area contributed by atoms with Crippen LogP contribution in [0.4, 0.5) is 0 Å². The van der Waals surface area contributed by atoms with E-state index in [4.69, 9.17) is 14.2 Å². The summed E-state index contributed by atoms with van der Waals surface area (Å²) in [6.45, 7) is 6.10. The maximum Gasteiger partial charge on any atom is 0.189 e. The molecule has 5 nitrogen and oxygen atoms in total. The van der Waals surface area contributed by atoms with Gasteiger partial charge in [0.1, 0.15) is 11.5 Å². The van der Waals surface area contributed by atoms with E-state index in [1.54, 1.807) is 7.11 Å². The van der Waals surface area contributed by atoms with Crippen LogP contribution in [0.3, 0.4) is 0 Å². The Labute approximate surface area is 113 Å². The minimum absolute atomic E-state index is 0.340. The van der Waals surface area contributed by atoms with E-state index in [0.29, 0.717) is 13.4 Å². The van der Waals surface area contributed by atoms with Gasteiger partial charge in [0.25, 0.3) is 0 Å². The monoisotopic (exact) mass is 264 g/mol. The maximum absolute atomic E-state index is 5.54. The lowest BCUT2D eigenvalue weighted by Crippen LogP contribution is -2.42. The molecule has 0 saturated carbocycles. The van der Waals surface area contributed by atoms with Crippen molar-refractivity contribution >= 4 is 0 Å². The molecule has 0 amide bonds. The van der Waals surface area contributed by atoms with Crippen molar-refractivity contribution in [2.24, 2.45) is 0 Å². The Bertz CT molecular complexity index is 445. The van der Waals surface area contributed by atoms with Crippen molar-refractivity contribution in [3.63, 3.8) is 0 Å². The Morgan fingerprint density at radius 3 is 2.95 bits per heavy atom. The Morgan fingerprint density at radius 2 is 2.16 bits per heavy atom. The third kappa shape index (κ3) is 2.83. The number of fused-ring (bicyclic) bond motifs is 1. The number of hydrogen-bond acceptors (Lipinski definition) is 5. The lowest BCUT2D eigenvalue weighted by molar-refractivity contribution is -0.0166. The minimum atomic E-state index is 0.340. The second-order valence-corrected chi connectivity index (χ2v) is 4.91. The summed E-state index contributed by atoms with van der Waals surface area (Å²) in [5, 5.41) is 3.36. The van der Waals surface area contributed by atoms with Crippen LogP contribution in [0, 0.1) is 0 Å². The van der Waals surface area contributed by atoms with Gasteiger partial charge in [0, 0.05) is 43.9 Å². The van der Waals surface area contributed by atoms with E-state index in [9.17, 15) is 0 Å². The van der Waals surface area contributed by atoms with Crippen LogP contribution in [0.2, 0.25) is 0 Å². The van der Waals surface area contributed by atoms with Gasteiger partial charge in [-0.15, -0.1) is 0 Å². The molecule has 0 atom stereocenters. The number of nitrogens with zero attached hydrogens (tertiary/aromatic N) is 1. The van der Waals surface area contributed by atoms with Crippen LogP contribution in [0.1, 0.15) is 11.1 Å². The quantitative estimate of drug-likeness (QED) is 0.881. The molecule has 5 heteroatoms. The highest BCUT2D eigenvalue weighted by Gasteiger charge is 2.18. The van der Waals surface area contributed by atoms with E-state index in [1.807, 2.05) is 6.07 Å². The predicted octanol–water partition coefficient (Wildman–Crippen LogP) is 0.967. The van der Waals surface area contributed by atoms with E-state index < -0.39 is 0 Å². The van der Waals surface area contributed by atoms with Gasteiger partial charge in [-0.05, 0) is 12.1 Å². The molecule has 0 radical (unpaired) electrons. The summed E-state index contributed by atoms with van der Waals surface area (Å²) < 4.78 is 16.3. The fourth-order valence-corrected chi connectivity index (χ4v) is 2.57. The van der Waals surface area contributed by atoms with Gasteiger partial charge in [-0.1, -0.05) is 0 Å². The molecule has 19 heavy (non-hydrogen) atoms. The van der Waals surface area contributed by atoms with E-state index in [0.717, 1.165) is 49.8 Å². The van der Waals surface area contributed by atoms with Gasteiger partial charge in [-0.25, -0.2) is 0 Å². The number of ether oxygens (including phenoxy) is 3. The van der Waals surface area contributed by atoms with Gasteiger partial charge in [0.15, 0.2) is 6.79 Å². The molecule has 3 rings (SSSR count). The number of hydrogen-bond donors (Lipinski definition) is 1. The summed E-state index contributed by atoms with van der Waals surface area (Å²) >= 11 is 0. The molecule has 1 saturated heterocycles. The van der Waals surface area contributed by atoms with E-state index in [1.165, 1.54) is 5.56 Å².